The van der Waals surface area contributed by atoms with Gasteiger partial charge in [-0.25, -0.2) is 9.78 Å². The Hall–Kier alpha value is -2.98. The van der Waals surface area contributed by atoms with Gasteiger partial charge in [-0.05, 0) is 25.1 Å². The Morgan fingerprint density at radius 1 is 1.37 bits per heavy atom. The fourth-order valence-electron chi connectivity index (χ4n) is 3.73. The Labute approximate surface area is 177 Å². The number of carbonyl (C=O) groups is 1. The van der Waals surface area contributed by atoms with Crippen LogP contribution in [0.2, 0.25) is 0 Å². The average Bonchev–Trinajstić information content (AvgIpc) is 3.10. The second-order valence-corrected chi connectivity index (χ2v) is 8.73. The molecule has 10 heteroatoms. The number of amides is 1. The standard InChI is InChI=1S/C20H24N6O3S/c1-11-16(6-5-14(22-11)18(27)21-2)24(3)12-8-26(9-12)10-13-7-15-17(30-13)19(28)25(4)20(29)23-15/h5-7,12H,8-10H2,1-4H3,(H,21,27)(H,23,29). The summed E-state index contributed by atoms with van der Waals surface area (Å²) < 4.78 is 1.68. The predicted molar refractivity (Wildman–Crippen MR) is 118 cm³/mol. The number of aromatic nitrogens is 3. The van der Waals surface area contributed by atoms with E-state index in [0.29, 0.717) is 22.0 Å². The van der Waals surface area contributed by atoms with Crippen LogP contribution in [0.25, 0.3) is 10.2 Å². The van der Waals surface area contributed by atoms with Crippen molar-refractivity contribution >= 4 is 33.1 Å². The molecule has 9 nitrogen and oxygen atoms in total. The molecule has 4 rings (SSSR count). The van der Waals surface area contributed by atoms with Crippen molar-refractivity contribution in [2.24, 2.45) is 7.05 Å². The maximum atomic E-state index is 12.2. The molecule has 158 valence electrons. The van der Waals surface area contributed by atoms with Gasteiger partial charge < -0.3 is 15.2 Å². The van der Waals surface area contributed by atoms with Crippen LogP contribution in [0.15, 0.2) is 27.8 Å². The first-order valence-electron chi connectivity index (χ1n) is 9.65. The summed E-state index contributed by atoms with van der Waals surface area (Å²) in [5.74, 6) is -0.193. The predicted octanol–water partition coefficient (Wildman–Crippen LogP) is 0.672. The van der Waals surface area contributed by atoms with Crippen molar-refractivity contribution in [1.82, 2.24) is 24.8 Å². The van der Waals surface area contributed by atoms with Gasteiger partial charge in [0.1, 0.15) is 10.4 Å². The molecule has 3 aromatic heterocycles. The normalized spacial score (nSPS) is 14.7. The highest BCUT2D eigenvalue weighted by Gasteiger charge is 2.31. The van der Waals surface area contributed by atoms with E-state index in [1.54, 1.807) is 13.1 Å². The molecule has 0 saturated carbocycles. The van der Waals surface area contributed by atoms with Gasteiger partial charge in [-0.2, -0.15) is 0 Å². The van der Waals surface area contributed by atoms with E-state index in [0.717, 1.165) is 40.5 Å². The van der Waals surface area contributed by atoms with E-state index in [1.807, 2.05) is 26.1 Å². The third kappa shape index (κ3) is 3.52. The summed E-state index contributed by atoms with van der Waals surface area (Å²) in [4.78, 5) is 48.5. The molecule has 0 aromatic carbocycles. The Morgan fingerprint density at radius 2 is 2.10 bits per heavy atom. The number of rotatable bonds is 5. The highest BCUT2D eigenvalue weighted by atomic mass is 32.1. The van der Waals surface area contributed by atoms with Crippen LogP contribution >= 0.6 is 11.3 Å². The fourth-order valence-corrected chi connectivity index (χ4v) is 4.86. The summed E-state index contributed by atoms with van der Waals surface area (Å²) in [7, 11) is 5.11. The van der Waals surface area contributed by atoms with Crippen LogP contribution < -0.4 is 21.5 Å². The van der Waals surface area contributed by atoms with Crippen molar-refractivity contribution in [2.75, 3.05) is 32.1 Å². The molecule has 3 aromatic rings. The van der Waals surface area contributed by atoms with Crippen LogP contribution in [-0.2, 0) is 13.6 Å². The first-order valence-corrected chi connectivity index (χ1v) is 10.5. The number of thiophene rings is 1. The van der Waals surface area contributed by atoms with Gasteiger partial charge in [0, 0.05) is 45.7 Å². The zero-order chi connectivity index (χ0) is 21.6. The van der Waals surface area contributed by atoms with E-state index in [1.165, 1.54) is 18.4 Å². The van der Waals surface area contributed by atoms with Gasteiger partial charge in [-0.3, -0.25) is 19.1 Å². The fraction of sp³-hybridized carbons (Fsp3) is 0.400. The second kappa shape index (κ2) is 7.69. The number of likely N-dealkylation sites (N-methyl/N-ethyl adjacent to an activating group) is 1. The van der Waals surface area contributed by atoms with E-state index in [-0.39, 0.29) is 11.5 Å². The molecule has 1 amide bonds. The third-order valence-electron chi connectivity index (χ3n) is 5.59. The van der Waals surface area contributed by atoms with Crippen molar-refractivity contribution in [2.45, 2.75) is 19.5 Å². The van der Waals surface area contributed by atoms with Crippen LogP contribution in [0, 0.1) is 6.92 Å². The molecule has 1 aliphatic heterocycles. The van der Waals surface area contributed by atoms with Crippen LogP contribution in [0.5, 0.6) is 0 Å². The highest BCUT2D eigenvalue weighted by molar-refractivity contribution is 7.18. The number of carbonyl (C=O) groups excluding carboxylic acids is 1. The van der Waals surface area contributed by atoms with Gasteiger partial charge >= 0.3 is 5.69 Å². The smallest absolute Gasteiger partial charge is 0.328 e. The number of nitrogens with zero attached hydrogens (tertiary/aromatic N) is 4. The van der Waals surface area contributed by atoms with Crippen LogP contribution in [0.1, 0.15) is 21.1 Å². The number of fused-ring (bicyclic) bond motifs is 1. The number of pyridine rings is 1. The number of anilines is 1. The number of hydrogen-bond donors (Lipinski definition) is 2. The Balaban J connectivity index is 1.42. The van der Waals surface area contributed by atoms with E-state index >= 15 is 0 Å². The summed E-state index contributed by atoms with van der Waals surface area (Å²) in [6, 6.07) is 5.92. The van der Waals surface area contributed by atoms with Gasteiger partial charge in [0.25, 0.3) is 11.5 Å². The lowest BCUT2D eigenvalue weighted by Crippen LogP contribution is -2.58. The van der Waals surface area contributed by atoms with E-state index in [9.17, 15) is 14.4 Å². The highest BCUT2D eigenvalue weighted by Crippen LogP contribution is 2.27. The van der Waals surface area contributed by atoms with Crippen LogP contribution in [0.4, 0.5) is 5.69 Å². The summed E-state index contributed by atoms with van der Waals surface area (Å²) >= 11 is 1.43. The molecular weight excluding hydrogens is 404 g/mol. The monoisotopic (exact) mass is 428 g/mol. The van der Waals surface area contributed by atoms with Crippen molar-refractivity contribution in [1.29, 1.82) is 0 Å². The van der Waals surface area contributed by atoms with Crippen molar-refractivity contribution < 1.29 is 4.79 Å². The molecule has 1 fully saturated rings. The summed E-state index contributed by atoms with van der Waals surface area (Å²) in [5.41, 5.74) is 2.20. The second-order valence-electron chi connectivity index (χ2n) is 7.59. The Morgan fingerprint density at radius 3 is 2.77 bits per heavy atom. The van der Waals surface area contributed by atoms with E-state index in [4.69, 9.17) is 0 Å². The number of H-pyrrole nitrogens is 1. The number of aryl methyl sites for hydroxylation is 1. The molecule has 30 heavy (non-hydrogen) atoms. The molecule has 0 bridgehead atoms. The molecule has 0 aliphatic carbocycles. The van der Waals surface area contributed by atoms with Gasteiger partial charge in [0.2, 0.25) is 0 Å². The van der Waals surface area contributed by atoms with Gasteiger partial charge in [-0.1, -0.05) is 0 Å². The SMILES string of the molecule is CNC(=O)c1ccc(N(C)C2CN(Cc3cc4[nH]c(=O)n(C)c(=O)c4s3)C2)c(C)n1. The van der Waals surface area contributed by atoms with Crippen molar-refractivity contribution in [3.05, 3.63) is 55.3 Å². The molecular formula is C20H24N6O3S. The molecule has 0 unspecified atom stereocenters. The molecule has 0 atom stereocenters. The van der Waals surface area contributed by atoms with Crippen LogP contribution in [-0.4, -0.2) is 58.6 Å². The lowest BCUT2D eigenvalue weighted by Gasteiger charge is -2.45. The van der Waals surface area contributed by atoms with Gasteiger partial charge in [0.05, 0.1) is 22.9 Å². The largest absolute Gasteiger partial charge is 0.368 e. The van der Waals surface area contributed by atoms with Crippen molar-refractivity contribution in [3.63, 3.8) is 0 Å². The molecule has 1 aliphatic rings. The minimum absolute atomic E-state index is 0.193. The summed E-state index contributed by atoms with van der Waals surface area (Å²) in [6.07, 6.45) is 0. The first kappa shape index (κ1) is 20.3. The minimum atomic E-state index is -0.395. The maximum Gasteiger partial charge on any atom is 0.328 e. The molecule has 4 heterocycles. The molecule has 0 radical (unpaired) electrons. The van der Waals surface area contributed by atoms with Gasteiger partial charge in [0.15, 0.2) is 0 Å². The van der Waals surface area contributed by atoms with E-state index < -0.39 is 5.69 Å². The van der Waals surface area contributed by atoms with Crippen LogP contribution in [0.3, 0.4) is 0 Å². The molecule has 0 spiro atoms. The molecule has 2 N–H and O–H groups in total. The zero-order valence-corrected chi connectivity index (χ0v) is 18.2. The number of aromatic amines is 1. The maximum absolute atomic E-state index is 12.2. The Bertz CT molecular complexity index is 1240. The zero-order valence-electron chi connectivity index (χ0n) is 17.4. The lowest BCUT2D eigenvalue weighted by atomic mass is 10.1. The van der Waals surface area contributed by atoms with Gasteiger partial charge in [-0.15, -0.1) is 11.3 Å². The number of likely N-dealkylation sites (tertiary alicyclic amines) is 1. The third-order valence-corrected chi connectivity index (χ3v) is 6.70. The quantitative estimate of drug-likeness (QED) is 0.619. The van der Waals surface area contributed by atoms with Crippen molar-refractivity contribution in [3.8, 4) is 0 Å². The molecule has 1 saturated heterocycles. The number of nitrogens with one attached hydrogen (secondary N) is 2. The Kier molecular flexibility index (Phi) is 5.20. The minimum Gasteiger partial charge on any atom is -0.368 e. The lowest BCUT2D eigenvalue weighted by molar-refractivity contribution is 0.0958. The topological polar surface area (TPSA) is 103 Å². The van der Waals surface area contributed by atoms with E-state index in [2.05, 4.69) is 25.1 Å². The average molecular weight is 429 g/mol. The summed E-state index contributed by atoms with van der Waals surface area (Å²) in [6.45, 7) is 4.42. The first-order chi connectivity index (χ1) is 14.3. The number of hydrogen-bond acceptors (Lipinski definition) is 7. The summed E-state index contributed by atoms with van der Waals surface area (Å²) in [5, 5.41) is 2.59.